The molecule has 3 atom stereocenters. The van der Waals surface area contributed by atoms with Crippen molar-refractivity contribution in [3.05, 3.63) is 65.2 Å². The van der Waals surface area contributed by atoms with Gasteiger partial charge in [0.1, 0.15) is 5.75 Å². The average Bonchev–Trinajstić information content (AvgIpc) is 2.67. The molecule has 144 valence electrons. The Labute approximate surface area is 157 Å². The lowest BCUT2D eigenvalue weighted by molar-refractivity contribution is -0.126. The van der Waals surface area contributed by atoms with E-state index in [1.807, 2.05) is 37.3 Å². The molecular weight excluding hydrogens is 350 g/mol. The Morgan fingerprint density at radius 3 is 2.67 bits per heavy atom. The fraction of sp³-hybridized carbons (Fsp3) is 0.381. The first kappa shape index (κ1) is 19.3. The highest BCUT2D eigenvalue weighted by molar-refractivity contribution is 5.79. The number of nitrogens with one attached hydrogen (secondary N) is 1. The van der Waals surface area contributed by atoms with Crippen molar-refractivity contribution in [1.29, 1.82) is 0 Å². The second-order valence-corrected chi connectivity index (χ2v) is 6.92. The zero-order valence-corrected chi connectivity index (χ0v) is 15.2. The molecule has 1 aliphatic rings. The molecule has 0 radical (unpaired) electrons. The first-order valence-corrected chi connectivity index (χ1v) is 9.14. The second kappa shape index (κ2) is 8.48. The van der Waals surface area contributed by atoms with Crippen LogP contribution in [-0.2, 0) is 11.2 Å². The standard InChI is InChI=1S/C21H24F2N2O2/c1-13(19(24)14-6-3-2-4-7-14)20(26)25-18-9-5-8-15-12-16(27-21(22)23)10-11-17(15)18/h2-4,6-7,10-13,18-19,21H,5,8-9,24H2,1H3,(H,25,26). The van der Waals surface area contributed by atoms with E-state index >= 15 is 0 Å². The summed E-state index contributed by atoms with van der Waals surface area (Å²) in [4.78, 5) is 12.7. The third-order valence-electron chi connectivity index (χ3n) is 5.11. The first-order chi connectivity index (χ1) is 13.0. The van der Waals surface area contributed by atoms with E-state index in [2.05, 4.69) is 10.1 Å². The van der Waals surface area contributed by atoms with Crippen molar-refractivity contribution in [3.63, 3.8) is 0 Å². The molecule has 1 amide bonds. The molecule has 0 saturated heterocycles. The molecule has 0 aliphatic heterocycles. The smallest absolute Gasteiger partial charge is 0.387 e. The molecule has 3 rings (SSSR count). The van der Waals surface area contributed by atoms with E-state index in [1.165, 1.54) is 6.07 Å². The van der Waals surface area contributed by atoms with Gasteiger partial charge in [-0.2, -0.15) is 8.78 Å². The van der Waals surface area contributed by atoms with Crippen LogP contribution in [0.1, 0.15) is 48.5 Å². The number of halogens is 2. The summed E-state index contributed by atoms with van der Waals surface area (Å²) in [6.07, 6.45) is 2.46. The zero-order chi connectivity index (χ0) is 19.4. The molecule has 0 saturated carbocycles. The summed E-state index contributed by atoms with van der Waals surface area (Å²) >= 11 is 0. The molecular formula is C21H24F2N2O2. The lowest BCUT2D eigenvalue weighted by Crippen LogP contribution is -2.38. The summed E-state index contributed by atoms with van der Waals surface area (Å²) in [6, 6.07) is 13.9. The van der Waals surface area contributed by atoms with Gasteiger partial charge in [0, 0.05) is 6.04 Å². The minimum absolute atomic E-state index is 0.114. The molecule has 6 heteroatoms. The van der Waals surface area contributed by atoms with Crippen LogP contribution in [0.4, 0.5) is 8.78 Å². The first-order valence-electron chi connectivity index (χ1n) is 9.14. The number of rotatable bonds is 6. The molecule has 3 N–H and O–H groups in total. The average molecular weight is 374 g/mol. The number of carbonyl (C=O) groups is 1. The number of alkyl halides is 2. The van der Waals surface area contributed by atoms with Crippen LogP contribution in [0.25, 0.3) is 0 Å². The SMILES string of the molecule is CC(C(=O)NC1CCCc2cc(OC(F)F)ccc21)C(N)c1ccccc1. The van der Waals surface area contributed by atoms with Gasteiger partial charge >= 0.3 is 6.61 Å². The Morgan fingerprint density at radius 2 is 1.96 bits per heavy atom. The van der Waals surface area contributed by atoms with Crippen LogP contribution >= 0.6 is 0 Å². The van der Waals surface area contributed by atoms with E-state index in [9.17, 15) is 13.6 Å². The third kappa shape index (κ3) is 4.63. The van der Waals surface area contributed by atoms with Crippen LogP contribution < -0.4 is 15.8 Å². The van der Waals surface area contributed by atoms with Crippen LogP contribution in [0.3, 0.4) is 0 Å². The van der Waals surface area contributed by atoms with Crippen LogP contribution in [0.2, 0.25) is 0 Å². The molecule has 2 aromatic rings. The predicted molar refractivity (Wildman–Crippen MR) is 99.4 cm³/mol. The summed E-state index contributed by atoms with van der Waals surface area (Å²) in [6.45, 7) is -1.03. The number of amides is 1. The van der Waals surface area contributed by atoms with E-state index in [-0.39, 0.29) is 23.6 Å². The summed E-state index contributed by atoms with van der Waals surface area (Å²) in [5.41, 5.74) is 9.06. The molecule has 0 bridgehead atoms. The Kier molecular flexibility index (Phi) is 6.06. The number of aryl methyl sites for hydroxylation is 1. The van der Waals surface area contributed by atoms with Gasteiger partial charge in [0.2, 0.25) is 5.91 Å². The lowest BCUT2D eigenvalue weighted by Gasteiger charge is -2.29. The van der Waals surface area contributed by atoms with Crippen LogP contribution in [0, 0.1) is 5.92 Å². The highest BCUT2D eigenvalue weighted by atomic mass is 19.3. The minimum Gasteiger partial charge on any atom is -0.435 e. The van der Waals surface area contributed by atoms with Gasteiger partial charge < -0.3 is 15.8 Å². The fourth-order valence-electron chi connectivity index (χ4n) is 3.55. The number of benzene rings is 2. The van der Waals surface area contributed by atoms with Gasteiger partial charge in [-0.1, -0.05) is 43.3 Å². The van der Waals surface area contributed by atoms with Gasteiger partial charge in [-0.3, -0.25) is 4.79 Å². The van der Waals surface area contributed by atoms with E-state index in [4.69, 9.17) is 5.73 Å². The Hall–Kier alpha value is -2.47. The molecule has 0 aromatic heterocycles. The van der Waals surface area contributed by atoms with Gasteiger partial charge in [0.05, 0.1) is 12.0 Å². The van der Waals surface area contributed by atoms with Crippen LogP contribution in [0.15, 0.2) is 48.5 Å². The maximum absolute atomic E-state index is 12.7. The molecule has 0 spiro atoms. The van der Waals surface area contributed by atoms with E-state index in [1.54, 1.807) is 12.1 Å². The number of carbonyl (C=O) groups excluding carboxylic acids is 1. The quantitative estimate of drug-likeness (QED) is 0.799. The van der Waals surface area contributed by atoms with Crippen molar-refractivity contribution in [1.82, 2.24) is 5.32 Å². The highest BCUT2D eigenvalue weighted by Gasteiger charge is 2.27. The van der Waals surface area contributed by atoms with E-state index < -0.39 is 12.7 Å². The predicted octanol–water partition coefficient (Wildman–Crippen LogP) is 4.12. The molecule has 4 nitrogen and oxygen atoms in total. The second-order valence-electron chi connectivity index (χ2n) is 6.92. The van der Waals surface area contributed by atoms with Gasteiger partial charge in [0.25, 0.3) is 0 Å². The van der Waals surface area contributed by atoms with Crippen molar-refractivity contribution in [2.24, 2.45) is 11.7 Å². The summed E-state index contributed by atoms with van der Waals surface area (Å²) < 4.78 is 29.3. The van der Waals surface area contributed by atoms with Crippen molar-refractivity contribution < 1.29 is 18.3 Å². The molecule has 2 aromatic carbocycles. The van der Waals surface area contributed by atoms with Gasteiger partial charge in [-0.25, -0.2) is 0 Å². The lowest BCUT2D eigenvalue weighted by atomic mass is 9.86. The normalized spacial score (nSPS) is 18.5. The van der Waals surface area contributed by atoms with Crippen molar-refractivity contribution in [2.75, 3.05) is 0 Å². The van der Waals surface area contributed by atoms with E-state index in [0.717, 1.165) is 36.0 Å². The Balaban J connectivity index is 1.70. The minimum atomic E-state index is -2.84. The van der Waals surface area contributed by atoms with Gasteiger partial charge in [-0.15, -0.1) is 0 Å². The number of hydrogen-bond donors (Lipinski definition) is 2. The van der Waals surface area contributed by atoms with Crippen LogP contribution in [0.5, 0.6) is 5.75 Å². The largest absolute Gasteiger partial charge is 0.435 e. The summed E-state index contributed by atoms with van der Waals surface area (Å²) in [5, 5.41) is 3.08. The summed E-state index contributed by atoms with van der Waals surface area (Å²) in [5.74, 6) is -0.355. The Morgan fingerprint density at radius 1 is 1.22 bits per heavy atom. The maximum atomic E-state index is 12.7. The van der Waals surface area contributed by atoms with Crippen molar-refractivity contribution in [2.45, 2.75) is 44.9 Å². The Bertz CT molecular complexity index is 783. The highest BCUT2D eigenvalue weighted by Crippen LogP contribution is 2.33. The fourth-order valence-corrected chi connectivity index (χ4v) is 3.55. The summed E-state index contributed by atoms with van der Waals surface area (Å²) in [7, 11) is 0. The molecule has 27 heavy (non-hydrogen) atoms. The van der Waals surface area contributed by atoms with Gasteiger partial charge in [0.15, 0.2) is 0 Å². The number of hydrogen-bond acceptors (Lipinski definition) is 3. The van der Waals surface area contributed by atoms with Crippen LogP contribution in [-0.4, -0.2) is 12.5 Å². The zero-order valence-electron chi connectivity index (χ0n) is 15.2. The molecule has 0 heterocycles. The topological polar surface area (TPSA) is 64.3 Å². The van der Waals surface area contributed by atoms with Crippen molar-refractivity contribution >= 4 is 5.91 Å². The van der Waals surface area contributed by atoms with Gasteiger partial charge in [-0.05, 0) is 48.1 Å². The molecule has 0 fully saturated rings. The molecule has 1 aliphatic carbocycles. The van der Waals surface area contributed by atoms with E-state index in [0.29, 0.717) is 0 Å². The number of fused-ring (bicyclic) bond motifs is 1. The monoisotopic (exact) mass is 374 g/mol. The number of nitrogens with two attached hydrogens (primary N) is 1. The third-order valence-corrected chi connectivity index (χ3v) is 5.11. The number of ether oxygens (including phenoxy) is 1. The molecule has 3 unspecified atom stereocenters. The maximum Gasteiger partial charge on any atom is 0.387 e. The van der Waals surface area contributed by atoms with Crippen molar-refractivity contribution in [3.8, 4) is 5.75 Å².